The molecule has 0 amide bonds. The van der Waals surface area contributed by atoms with E-state index in [0.717, 1.165) is 18.8 Å². The average molecular weight is 246 g/mol. The summed E-state index contributed by atoms with van der Waals surface area (Å²) in [5.41, 5.74) is 0. The molecule has 3 unspecified atom stereocenters. The fourth-order valence-electron chi connectivity index (χ4n) is 2.00. The van der Waals surface area contributed by atoms with Crippen molar-refractivity contribution in [3.8, 4) is 0 Å². The van der Waals surface area contributed by atoms with E-state index >= 15 is 0 Å². The molecule has 1 aliphatic rings. The number of nitrogens with one attached hydrogen (secondary N) is 1. The Labute approximate surface area is 102 Å². The first-order valence-corrected chi connectivity index (χ1v) is 7.44. The molecule has 3 atom stereocenters. The van der Waals surface area contributed by atoms with Gasteiger partial charge in [0, 0.05) is 46.5 Å². The van der Waals surface area contributed by atoms with Gasteiger partial charge in [-0.25, -0.2) is 0 Å². The smallest absolute Gasteiger partial charge is 0.0375 e. The molecule has 16 heavy (non-hydrogen) atoms. The first kappa shape index (κ1) is 14.1. The van der Waals surface area contributed by atoms with E-state index in [9.17, 15) is 4.21 Å². The standard InChI is InChI=1S/C12H26N2OS/c1-10-8-11(9-14(10)5)13-6-7-16(15)12(2,3)4/h10-11,13H,6-9H2,1-5H3. The third-order valence-electron chi connectivity index (χ3n) is 3.29. The maximum atomic E-state index is 11.8. The molecule has 3 nitrogen and oxygen atoms in total. The molecule has 1 fully saturated rings. The SMILES string of the molecule is CC1CC(NCCS(=O)C(C)(C)C)CN1C. The highest BCUT2D eigenvalue weighted by atomic mass is 32.2. The van der Waals surface area contributed by atoms with E-state index in [-0.39, 0.29) is 4.75 Å². The van der Waals surface area contributed by atoms with Crippen LogP contribution < -0.4 is 5.32 Å². The maximum absolute atomic E-state index is 11.8. The second-order valence-corrected chi connectivity index (χ2v) is 8.16. The number of likely N-dealkylation sites (N-methyl/N-ethyl adjacent to an activating group) is 1. The zero-order valence-electron chi connectivity index (χ0n) is 11.2. The molecule has 1 saturated heterocycles. The molecule has 1 aliphatic heterocycles. The van der Waals surface area contributed by atoms with Crippen LogP contribution in [0.15, 0.2) is 0 Å². The summed E-state index contributed by atoms with van der Waals surface area (Å²) in [5, 5.41) is 3.51. The number of hydrogen-bond donors (Lipinski definition) is 1. The predicted octanol–water partition coefficient (Wildman–Crippen LogP) is 1.22. The first-order valence-electron chi connectivity index (χ1n) is 6.13. The lowest BCUT2D eigenvalue weighted by Crippen LogP contribution is -2.36. The molecule has 0 bridgehead atoms. The van der Waals surface area contributed by atoms with Gasteiger partial charge in [-0.1, -0.05) is 0 Å². The minimum Gasteiger partial charge on any atom is -0.312 e. The number of rotatable bonds is 4. The highest BCUT2D eigenvalue weighted by Crippen LogP contribution is 2.15. The fourth-order valence-corrected chi connectivity index (χ4v) is 2.92. The van der Waals surface area contributed by atoms with Gasteiger partial charge in [0.25, 0.3) is 0 Å². The monoisotopic (exact) mass is 246 g/mol. The van der Waals surface area contributed by atoms with Crippen molar-refractivity contribution in [3.05, 3.63) is 0 Å². The Kier molecular flexibility index (Phi) is 4.95. The molecule has 4 heteroatoms. The Hall–Kier alpha value is 0.0700. The van der Waals surface area contributed by atoms with Crippen LogP contribution in [0.5, 0.6) is 0 Å². The summed E-state index contributed by atoms with van der Waals surface area (Å²) in [6.07, 6.45) is 1.21. The summed E-state index contributed by atoms with van der Waals surface area (Å²) >= 11 is 0. The molecule has 0 aromatic heterocycles. The highest BCUT2D eigenvalue weighted by molar-refractivity contribution is 7.86. The van der Waals surface area contributed by atoms with Crippen LogP contribution in [0.4, 0.5) is 0 Å². The van der Waals surface area contributed by atoms with Crippen LogP contribution in [0.3, 0.4) is 0 Å². The number of nitrogens with zero attached hydrogens (tertiary/aromatic N) is 1. The molecule has 0 saturated carbocycles. The molecule has 0 aromatic rings. The lowest BCUT2D eigenvalue weighted by atomic mass is 10.2. The molecule has 1 rings (SSSR count). The maximum Gasteiger partial charge on any atom is 0.0375 e. The van der Waals surface area contributed by atoms with Gasteiger partial charge in [0.15, 0.2) is 0 Å². The number of hydrogen-bond acceptors (Lipinski definition) is 3. The quantitative estimate of drug-likeness (QED) is 0.809. The van der Waals surface area contributed by atoms with Crippen LogP contribution in [0.25, 0.3) is 0 Å². The normalized spacial score (nSPS) is 29.6. The van der Waals surface area contributed by atoms with Gasteiger partial charge in [0.2, 0.25) is 0 Å². The Bertz CT molecular complexity index is 240. The van der Waals surface area contributed by atoms with Crippen molar-refractivity contribution in [2.24, 2.45) is 0 Å². The topological polar surface area (TPSA) is 32.3 Å². The first-order chi connectivity index (χ1) is 7.30. The van der Waals surface area contributed by atoms with Gasteiger partial charge in [-0.15, -0.1) is 0 Å². The van der Waals surface area contributed by atoms with E-state index in [1.165, 1.54) is 6.42 Å². The van der Waals surface area contributed by atoms with Crippen molar-refractivity contribution in [1.29, 1.82) is 0 Å². The van der Waals surface area contributed by atoms with Gasteiger partial charge in [-0.2, -0.15) is 0 Å². The van der Waals surface area contributed by atoms with Crippen LogP contribution in [0, 0.1) is 0 Å². The lowest BCUT2D eigenvalue weighted by Gasteiger charge is -2.19. The van der Waals surface area contributed by atoms with Gasteiger partial charge in [-0.05, 0) is 41.2 Å². The average Bonchev–Trinajstić information content (AvgIpc) is 2.44. The summed E-state index contributed by atoms with van der Waals surface area (Å²) in [6, 6.07) is 1.25. The predicted molar refractivity (Wildman–Crippen MR) is 71.3 cm³/mol. The van der Waals surface area contributed by atoms with E-state index in [2.05, 4.69) is 24.2 Å². The van der Waals surface area contributed by atoms with Crippen LogP contribution in [0.2, 0.25) is 0 Å². The van der Waals surface area contributed by atoms with Crippen LogP contribution in [0.1, 0.15) is 34.1 Å². The molecule has 0 aromatic carbocycles. The summed E-state index contributed by atoms with van der Waals surface area (Å²) in [7, 11) is 1.44. The van der Waals surface area contributed by atoms with Crippen molar-refractivity contribution in [2.45, 2.75) is 50.9 Å². The van der Waals surface area contributed by atoms with Crippen molar-refractivity contribution in [1.82, 2.24) is 10.2 Å². The van der Waals surface area contributed by atoms with Crippen molar-refractivity contribution < 1.29 is 4.21 Å². The molecule has 1 N–H and O–H groups in total. The minimum absolute atomic E-state index is 0.0819. The van der Waals surface area contributed by atoms with Crippen LogP contribution >= 0.6 is 0 Å². The van der Waals surface area contributed by atoms with E-state index in [1.807, 2.05) is 20.8 Å². The second-order valence-electron chi connectivity index (χ2n) is 5.84. The highest BCUT2D eigenvalue weighted by Gasteiger charge is 2.26. The molecule has 0 spiro atoms. The van der Waals surface area contributed by atoms with Gasteiger partial charge >= 0.3 is 0 Å². The lowest BCUT2D eigenvalue weighted by molar-refractivity contribution is 0.327. The van der Waals surface area contributed by atoms with Gasteiger partial charge in [0.05, 0.1) is 0 Å². The third-order valence-corrected chi connectivity index (χ3v) is 5.23. The van der Waals surface area contributed by atoms with E-state index in [0.29, 0.717) is 12.1 Å². The minimum atomic E-state index is -0.731. The van der Waals surface area contributed by atoms with E-state index in [1.54, 1.807) is 0 Å². The van der Waals surface area contributed by atoms with Crippen molar-refractivity contribution in [2.75, 3.05) is 25.9 Å². The van der Waals surface area contributed by atoms with Gasteiger partial charge in [0.1, 0.15) is 0 Å². The van der Waals surface area contributed by atoms with E-state index in [4.69, 9.17) is 0 Å². The summed E-state index contributed by atoms with van der Waals surface area (Å²) in [4.78, 5) is 2.37. The molecular weight excluding hydrogens is 220 g/mol. The fraction of sp³-hybridized carbons (Fsp3) is 1.00. The second kappa shape index (κ2) is 5.61. The summed E-state index contributed by atoms with van der Waals surface area (Å²) in [5.74, 6) is 0.762. The zero-order chi connectivity index (χ0) is 12.3. The number of likely N-dealkylation sites (tertiary alicyclic amines) is 1. The van der Waals surface area contributed by atoms with Crippen molar-refractivity contribution >= 4 is 10.8 Å². The molecule has 0 radical (unpaired) electrons. The Morgan fingerprint density at radius 3 is 2.50 bits per heavy atom. The largest absolute Gasteiger partial charge is 0.312 e. The van der Waals surface area contributed by atoms with Crippen LogP contribution in [-0.4, -0.2) is 51.8 Å². The Morgan fingerprint density at radius 2 is 2.06 bits per heavy atom. The Balaban J connectivity index is 2.20. The molecule has 96 valence electrons. The molecular formula is C12H26N2OS. The Morgan fingerprint density at radius 1 is 1.44 bits per heavy atom. The third kappa shape index (κ3) is 4.15. The zero-order valence-corrected chi connectivity index (χ0v) is 12.1. The van der Waals surface area contributed by atoms with E-state index < -0.39 is 10.8 Å². The molecule has 1 heterocycles. The molecule has 0 aliphatic carbocycles. The van der Waals surface area contributed by atoms with Crippen molar-refractivity contribution in [3.63, 3.8) is 0 Å². The summed E-state index contributed by atoms with van der Waals surface area (Å²) < 4.78 is 11.7. The summed E-state index contributed by atoms with van der Waals surface area (Å²) in [6.45, 7) is 10.4. The van der Waals surface area contributed by atoms with Gasteiger partial charge in [-0.3, -0.25) is 4.21 Å². The van der Waals surface area contributed by atoms with Gasteiger partial charge < -0.3 is 10.2 Å². The van der Waals surface area contributed by atoms with Crippen LogP contribution in [-0.2, 0) is 10.8 Å².